The van der Waals surface area contributed by atoms with Crippen LogP contribution in [0.5, 0.6) is 5.75 Å². The van der Waals surface area contributed by atoms with Gasteiger partial charge in [0.25, 0.3) is 5.56 Å². The molecule has 2 aromatic heterocycles. The molecule has 0 aliphatic rings. The number of hydrogen-bond donors (Lipinski definition) is 0. The van der Waals surface area contributed by atoms with E-state index in [4.69, 9.17) is 25.7 Å². The molecule has 0 saturated carbocycles. The molecule has 9 heteroatoms. The molecule has 0 bridgehead atoms. The average molecular weight is 664 g/mol. The lowest BCUT2D eigenvalue weighted by Gasteiger charge is -2.11. The number of para-hydroxylation sites is 1. The van der Waals surface area contributed by atoms with Crippen molar-refractivity contribution in [1.82, 2.24) is 9.66 Å². The summed E-state index contributed by atoms with van der Waals surface area (Å²) in [5.74, 6) is 1.29. The fraction of sp³-hybridized carbons (Fsp3) is 0.0333. The molecule has 0 atom stereocenters. The number of ether oxygens (including phenoxy) is 1. The number of benzene rings is 4. The van der Waals surface area contributed by atoms with Gasteiger partial charge in [0.05, 0.1) is 17.1 Å². The molecule has 6 nitrogen and oxygen atoms in total. The number of halogens is 3. The zero-order valence-corrected chi connectivity index (χ0v) is 24.1. The highest BCUT2D eigenvalue weighted by atomic mass is 79.9. The van der Waals surface area contributed by atoms with Gasteiger partial charge in [-0.05, 0) is 60.7 Å². The van der Waals surface area contributed by atoms with Crippen molar-refractivity contribution in [1.29, 1.82) is 0 Å². The van der Waals surface area contributed by atoms with Gasteiger partial charge in [-0.2, -0.15) is 9.78 Å². The van der Waals surface area contributed by atoms with Crippen LogP contribution in [0.1, 0.15) is 11.1 Å². The summed E-state index contributed by atoms with van der Waals surface area (Å²) in [5, 5.41) is 6.53. The van der Waals surface area contributed by atoms with Crippen LogP contribution < -0.4 is 10.3 Å². The molecule has 4 aromatic carbocycles. The summed E-state index contributed by atoms with van der Waals surface area (Å²) in [6.45, 7) is 0.277. The Morgan fingerprint density at radius 3 is 2.59 bits per heavy atom. The SMILES string of the molecule is O=c1c2ccccc2nc(-c2cc3cc(Br)ccc3o2)n1N=Cc1cc(Br)ccc1OCc1ccccc1Cl. The lowest BCUT2D eigenvalue weighted by atomic mass is 10.2. The lowest BCUT2D eigenvalue weighted by Crippen LogP contribution is -2.20. The molecule has 0 fully saturated rings. The summed E-state index contributed by atoms with van der Waals surface area (Å²) in [6, 6.07) is 27.8. The maximum absolute atomic E-state index is 13.6. The van der Waals surface area contributed by atoms with Gasteiger partial charge in [-0.15, -0.1) is 0 Å². The molecule has 6 aromatic rings. The second kappa shape index (κ2) is 10.8. The van der Waals surface area contributed by atoms with Gasteiger partial charge >= 0.3 is 0 Å². The first-order valence-corrected chi connectivity index (χ1v) is 13.8. The Hall–Kier alpha value is -3.72. The van der Waals surface area contributed by atoms with E-state index in [0.29, 0.717) is 38.6 Å². The van der Waals surface area contributed by atoms with Crippen LogP contribution >= 0.6 is 43.5 Å². The summed E-state index contributed by atoms with van der Waals surface area (Å²) in [7, 11) is 0. The van der Waals surface area contributed by atoms with E-state index in [9.17, 15) is 4.79 Å². The van der Waals surface area contributed by atoms with E-state index in [2.05, 4.69) is 37.0 Å². The van der Waals surface area contributed by atoms with E-state index in [-0.39, 0.29) is 18.0 Å². The van der Waals surface area contributed by atoms with E-state index in [0.717, 1.165) is 19.9 Å². The molecule has 39 heavy (non-hydrogen) atoms. The molecule has 0 unspecified atom stereocenters. The second-order valence-electron chi connectivity index (χ2n) is 8.67. The average Bonchev–Trinajstić information content (AvgIpc) is 3.36. The smallest absolute Gasteiger partial charge is 0.282 e. The van der Waals surface area contributed by atoms with Crippen LogP contribution in [0.2, 0.25) is 5.02 Å². The van der Waals surface area contributed by atoms with Crippen LogP contribution in [0.3, 0.4) is 0 Å². The zero-order valence-electron chi connectivity index (χ0n) is 20.1. The Balaban J connectivity index is 1.45. The number of aromatic nitrogens is 2. The summed E-state index contributed by atoms with van der Waals surface area (Å²) in [4.78, 5) is 18.4. The maximum atomic E-state index is 13.6. The monoisotopic (exact) mass is 661 g/mol. The van der Waals surface area contributed by atoms with E-state index in [1.807, 2.05) is 72.8 Å². The predicted molar refractivity (Wildman–Crippen MR) is 162 cm³/mol. The largest absolute Gasteiger partial charge is 0.488 e. The normalized spacial score (nSPS) is 11.6. The van der Waals surface area contributed by atoms with Crippen LogP contribution in [-0.4, -0.2) is 15.9 Å². The number of nitrogens with zero attached hydrogens (tertiary/aromatic N) is 3. The van der Waals surface area contributed by atoms with Gasteiger partial charge in [0, 0.05) is 30.5 Å². The molecule has 0 N–H and O–H groups in total. The molecule has 192 valence electrons. The van der Waals surface area contributed by atoms with Crippen molar-refractivity contribution < 1.29 is 9.15 Å². The van der Waals surface area contributed by atoms with Gasteiger partial charge in [-0.3, -0.25) is 4.79 Å². The number of fused-ring (bicyclic) bond motifs is 2. The Labute approximate surface area is 244 Å². The zero-order chi connectivity index (χ0) is 26.9. The molecule has 0 radical (unpaired) electrons. The topological polar surface area (TPSA) is 69.6 Å². The van der Waals surface area contributed by atoms with Crippen LogP contribution in [0.15, 0.2) is 114 Å². The van der Waals surface area contributed by atoms with E-state index < -0.39 is 0 Å². The third-order valence-electron chi connectivity index (χ3n) is 6.08. The summed E-state index contributed by atoms with van der Waals surface area (Å²) in [6.07, 6.45) is 1.58. The lowest BCUT2D eigenvalue weighted by molar-refractivity contribution is 0.306. The van der Waals surface area contributed by atoms with Gasteiger partial charge in [-0.1, -0.05) is 73.8 Å². The second-order valence-corrected chi connectivity index (χ2v) is 10.9. The third-order valence-corrected chi connectivity index (χ3v) is 7.43. The predicted octanol–water partition coefficient (Wildman–Crippen LogP) is 8.45. The van der Waals surface area contributed by atoms with E-state index >= 15 is 0 Å². The molecule has 2 heterocycles. The van der Waals surface area contributed by atoms with Crippen molar-refractivity contribution in [3.63, 3.8) is 0 Å². The first-order chi connectivity index (χ1) is 19.0. The number of hydrogen-bond acceptors (Lipinski definition) is 5. The van der Waals surface area contributed by atoms with Gasteiger partial charge in [-0.25, -0.2) is 4.98 Å². The molecular formula is C30H18Br2ClN3O3. The van der Waals surface area contributed by atoms with Crippen LogP contribution in [-0.2, 0) is 6.61 Å². The van der Waals surface area contributed by atoms with Crippen LogP contribution in [0, 0.1) is 0 Å². The maximum Gasteiger partial charge on any atom is 0.282 e. The third kappa shape index (κ3) is 5.28. The van der Waals surface area contributed by atoms with E-state index in [1.54, 1.807) is 24.4 Å². The Morgan fingerprint density at radius 1 is 0.949 bits per heavy atom. The minimum Gasteiger partial charge on any atom is -0.488 e. The first-order valence-electron chi connectivity index (χ1n) is 11.9. The highest BCUT2D eigenvalue weighted by molar-refractivity contribution is 9.10. The molecule has 0 aliphatic heterocycles. The van der Waals surface area contributed by atoms with Crippen molar-refractivity contribution in [2.45, 2.75) is 6.61 Å². The van der Waals surface area contributed by atoms with Crippen LogP contribution in [0.25, 0.3) is 33.5 Å². The van der Waals surface area contributed by atoms with Gasteiger partial charge < -0.3 is 9.15 Å². The number of furan rings is 1. The van der Waals surface area contributed by atoms with Crippen LogP contribution in [0.4, 0.5) is 0 Å². The minimum absolute atomic E-state index is 0.277. The Morgan fingerprint density at radius 2 is 1.72 bits per heavy atom. The highest BCUT2D eigenvalue weighted by Crippen LogP contribution is 2.30. The van der Waals surface area contributed by atoms with Gasteiger partial charge in [0.1, 0.15) is 17.9 Å². The fourth-order valence-electron chi connectivity index (χ4n) is 4.16. The Bertz CT molecular complexity index is 1950. The highest BCUT2D eigenvalue weighted by Gasteiger charge is 2.17. The minimum atomic E-state index is -0.318. The summed E-state index contributed by atoms with van der Waals surface area (Å²) >= 11 is 13.3. The van der Waals surface area contributed by atoms with Crippen molar-refractivity contribution in [3.8, 4) is 17.3 Å². The molecule has 6 rings (SSSR count). The quantitative estimate of drug-likeness (QED) is 0.168. The van der Waals surface area contributed by atoms with Crippen molar-refractivity contribution in [2.75, 3.05) is 0 Å². The summed E-state index contributed by atoms with van der Waals surface area (Å²) in [5.41, 5.74) is 2.43. The van der Waals surface area contributed by atoms with Crippen molar-refractivity contribution in [2.24, 2.45) is 5.10 Å². The van der Waals surface area contributed by atoms with Crippen molar-refractivity contribution in [3.05, 3.63) is 126 Å². The van der Waals surface area contributed by atoms with Gasteiger partial charge in [0.2, 0.25) is 5.82 Å². The van der Waals surface area contributed by atoms with Gasteiger partial charge in [0.15, 0.2) is 5.76 Å². The molecule has 0 spiro atoms. The number of rotatable bonds is 6. The van der Waals surface area contributed by atoms with Crippen molar-refractivity contribution >= 4 is 71.5 Å². The molecule has 0 aliphatic carbocycles. The molecule has 0 amide bonds. The standard InChI is InChI=1S/C30H18Br2ClN3O3/c31-21-10-12-27-19(13-21)15-28(39-27)29-35-25-8-4-2-6-23(25)30(37)36(29)34-16-20-14-22(32)9-11-26(20)38-17-18-5-1-3-7-24(18)33/h1-16H,17H2. The summed E-state index contributed by atoms with van der Waals surface area (Å²) < 4.78 is 15.2. The Kier molecular flexibility index (Phi) is 7.08. The first kappa shape index (κ1) is 25.6. The molecular weight excluding hydrogens is 646 g/mol. The fourth-order valence-corrected chi connectivity index (χ4v) is 5.11. The molecule has 0 saturated heterocycles. The van der Waals surface area contributed by atoms with E-state index in [1.165, 1.54) is 4.68 Å².